The average Bonchev–Trinajstić information content (AvgIpc) is 3.34. The molecule has 1 fully saturated rings. The SMILES string of the molecule is CCCCCCCCNC(=O)C(N)Cc1ccc(OP2(=O)CO[C@@H](Cn3cnc4c(N)ncnc43)CO2)cc1. The van der Waals surface area contributed by atoms with Crippen molar-refractivity contribution in [1.29, 1.82) is 0 Å². The number of rotatable bonds is 14. The number of amides is 1. The van der Waals surface area contributed by atoms with Gasteiger partial charge in [0.25, 0.3) is 0 Å². The van der Waals surface area contributed by atoms with Gasteiger partial charge in [-0.05, 0) is 30.5 Å². The van der Waals surface area contributed by atoms with E-state index in [1.54, 1.807) is 35.2 Å². The van der Waals surface area contributed by atoms with Crippen LogP contribution in [0.15, 0.2) is 36.9 Å². The van der Waals surface area contributed by atoms with Crippen LogP contribution >= 0.6 is 7.60 Å². The average molecular weight is 560 g/mol. The second-order valence-electron chi connectivity index (χ2n) is 9.76. The molecule has 2 aromatic heterocycles. The Bertz CT molecular complexity index is 1260. The van der Waals surface area contributed by atoms with Gasteiger partial charge in [-0.2, -0.15) is 0 Å². The lowest BCUT2D eigenvalue weighted by molar-refractivity contribution is -0.122. The molecular weight excluding hydrogens is 521 g/mol. The first kappa shape index (κ1) is 28.9. The summed E-state index contributed by atoms with van der Waals surface area (Å²) in [4.78, 5) is 24.7. The molecule has 39 heavy (non-hydrogen) atoms. The minimum absolute atomic E-state index is 0.0817. The highest BCUT2D eigenvalue weighted by Crippen LogP contribution is 2.51. The zero-order chi connectivity index (χ0) is 27.7. The monoisotopic (exact) mass is 559 g/mol. The Morgan fingerprint density at radius 3 is 2.69 bits per heavy atom. The minimum Gasteiger partial charge on any atom is -0.423 e. The van der Waals surface area contributed by atoms with E-state index in [1.165, 1.54) is 32.0 Å². The van der Waals surface area contributed by atoms with Gasteiger partial charge in [0.15, 0.2) is 17.8 Å². The zero-order valence-electron chi connectivity index (χ0n) is 22.3. The van der Waals surface area contributed by atoms with Crippen LogP contribution in [0.1, 0.15) is 51.0 Å². The minimum atomic E-state index is -3.48. The molecule has 1 amide bonds. The zero-order valence-corrected chi connectivity index (χ0v) is 23.2. The Labute approximate surface area is 228 Å². The maximum atomic E-state index is 13.1. The van der Waals surface area contributed by atoms with Gasteiger partial charge in [-0.25, -0.2) is 19.5 Å². The summed E-state index contributed by atoms with van der Waals surface area (Å²) in [6.07, 6.45) is 9.83. The molecule has 4 rings (SSSR count). The summed E-state index contributed by atoms with van der Waals surface area (Å²) in [5.41, 5.74) is 13.9. The first-order valence-electron chi connectivity index (χ1n) is 13.4. The molecule has 0 radical (unpaired) electrons. The Kier molecular flexibility index (Phi) is 10.3. The van der Waals surface area contributed by atoms with Gasteiger partial charge in [0, 0.05) is 6.54 Å². The fourth-order valence-corrected chi connectivity index (χ4v) is 5.74. The highest BCUT2D eigenvalue weighted by Gasteiger charge is 2.35. The predicted octanol–water partition coefficient (Wildman–Crippen LogP) is 3.40. The molecule has 0 aliphatic carbocycles. The molecule has 1 aliphatic heterocycles. The Morgan fingerprint density at radius 2 is 1.95 bits per heavy atom. The number of nitrogens with two attached hydrogens (primary N) is 2. The van der Waals surface area contributed by atoms with Crippen LogP contribution in [0.25, 0.3) is 11.2 Å². The van der Waals surface area contributed by atoms with Gasteiger partial charge < -0.3 is 30.6 Å². The number of benzene rings is 1. The lowest BCUT2D eigenvalue weighted by Crippen LogP contribution is -2.42. The lowest BCUT2D eigenvalue weighted by Gasteiger charge is -2.29. The quantitative estimate of drug-likeness (QED) is 0.196. The van der Waals surface area contributed by atoms with Gasteiger partial charge in [0.1, 0.15) is 23.7 Å². The molecule has 5 N–H and O–H groups in total. The highest BCUT2D eigenvalue weighted by atomic mass is 31.2. The number of fused-ring (bicyclic) bond motifs is 1. The summed E-state index contributed by atoms with van der Waals surface area (Å²) in [6, 6.07) is 6.33. The van der Waals surface area contributed by atoms with Gasteiger partial charge in [-0.3, -0.25) is 9.32 Å². The molecule has 0 spiro atoms. The number of anilines is 1. The molecule has 1 saturated heterocycles. The van der Waals surface area contributed by atoms with Crippen LogP contribution < -0.4 is 21.3 Å². The predicted molar refractivity (Wildman–Crippen MR) is 148 cm³/mol. The van der Waals surface area contributed by atoms with Crippen LogP contribution in [-0.2, 0) is 31.6 Å². The molecular formula is C26H38N7O5P. The number of nitrogens with zero attached hydrogens (tertiary/aromatic N) is 4. The molecule has 13 heteroatoms. The molecule has 0 saturated carbocycles. The van der Waals surface area contributed by atoms with Crippen molar-refractivity contribution >= 4 is 30.5 Å². The molecule has 3 atom stereocenters. The van der Waals surface area contributed by atoms with Gasteiger partial charge in [-0.1, -0.05) is 51.2 Å². The molecule has 12 nitrogen and oxygen atoms in total. The second kappa shape index (κ2) is 13.8. The van der Waals surface area contributed by atoms with Crippen LogP contribution in [0.3, 0.4) is 0 Å². The van der Waals surface area contributed by atoms with E-state index in [1.807, 2.05) is 0 Å². The maximum absolute atomic E-state index is 13.1. The summed E-state index contributed by atoms with van der Waals surface area (Å²) in [5.74, 6) is 0.533. The third kappa shape index (κ3) is 8.22. The molecule has 1 aliphatic rings. The van der Waals surface area contributed by atoms with Crippen molar-refractivity contribution in [2.24, 2.45) is 5.73 Å². The van der Waals surface area contributed by atoms with Crippen molar-refractivity contribution in [2.75, 3.05) is 25.2 Å². The van der Waals surface area contributed by atoms with E-state index < -0.39 is 13.6 Å². The summed E-state index contributed by atoms with van der Waals surface area (Å²) in [6.45, 7) is 3.32. The third-order valence-corrected chi connectivity index (χ3v) is 8.04. The number of unbranched alkanes of at least 4 members (excludes halogenated alkanes) is 5. The van der Waals surface area contributed by atoms with Gasteiger partial charge in [0.2, 0.25) is 5.91 Å². The molecule has 0 bridgehead atoms. The largest absolute Gasteiger partial charge is 0.423 e. The molecule has 3 aromatic rings. The van der Waals surface area contributed by atoms with Gasteiger partial charge >= 0.3 is 7.60 Å². The lowest BCUT2D eigenvalue weighted by atomic mass is 10.1. The van der Waals surface area contributed by atoms with E-state index in [2.05, 4.69) is 27.2 Å². The van der Waals surface area contributed by atoms with E-state index in [0.29, 0.717) is 42.2 Å². The van der Waals surface area contributed by atoms with E-state index in [4.69, 9.17) is 25.3 Å². The fourth-order valence-electron chi connectivity index (χ4n) is 4.33. The van der Waals surface area contributed by atoms with Crippen molar-refractivity contribution in [2.45, 2.75) is 70.6 Å². The summed E-state index contributed by atoms with van der Waals surface area (Å²) < 4.78 is 31.9. The fraction of sp³-hybridized carbons (Fsp3) is 0.538. The van der Waals surface area contributed by atoms with Crippen molar-refractivity contribution in [1.82, 2.24) is 24.8 Å². The van der Waals surface area contributed by atoms with Crippen LogP contribution in [0.2, 0.25) is 0 Å². The van der Waals surface area contributed by atoms with Crippen molar-refractivity contribution in [3.05, 3.63) is 42.5 Å². The van der Waals surface area contributed by atoms with Crippen molar-refractivity contribution < 1.29 is 23.1 Å². The normalized spacial score (nSPS) is 20.1. The number of carbonyl (C=O) groups excluding carboxylic acids is 1. The topological polar surface area (TPSA) is 169 Å². The number of carbonyl (C=O) groups is 1. The maximum Gasteiger partial charge on any atom is 0.404 e. The number of imidazole rings is 1. The summed E-state index contributed by atoms with van der Waals surface area (Å²) >= 11 is 0. The van der Waals surface area contributed by atoms with Crippen LogP contribution in [0, 0.1) is 0 Å². The first-order chi connectivity index (χ1) is 18.9. The smallest absolute Gasteiger partial charge is 0.404 e. The van der Waals surface area contributed by atoms with E-state index >= 15 is 0 Å². The van der Waals surface area contributed by atoms with E-state index in [0.717, 1.165) is 18.4 Å². The van der Waals surface area contributed by atoms with Crippen molar-refractivity contribution in [3.8, 4) is 5.75 Å². The second-order valence-corrected chi connectivity index (χ2v) is 11.7. The van der Waals surface area contributed by atoms with Crippen LogP contribution in [0.5, 0.6) is 5.75 Å². The Hall–Kier alpha value is -3.05. The number of hydrogen-bond donors (Lipinski definition) is 3. The number of hydrogen-bond acceptors (Lipinski definition) is 10. The van der Waals surface area contributed by atoms with Crippen molar-refractivity contribution in [3.63, 3.8) is 0 Å². The number of nitrogens with one attached hydrogen (secondary N) is 1. The number of nitrogen functional groups attached to an aromatic ring is 1. The van der Waals surface area contributed by atoms with Crippen LogP contribution in [0.4, 0.5) is 5.82 Å². The van der Waals surface area contributed by atoms with E-state index in [9.17, 15) is 9.36 Å². The number of ether oxygens (including phenoxy) is 1. The van der Waals surface area contributed by atoms with Gasteiger partial charge in [0.05, 0.1) is 25.5 Å². The molecule has 2 unspecified atom stereocenters. The third-order valence-electron chi connectivity index (χ3n) is 6.55. The molecule has 1 aromatic carbocycles. The molecule has 212 valence electrons. The first-order valence-corrected chi connectivity index (χ1v) is 15.2. The van der Waals surface area contributed by atoms with Gasteiger partial charge in [-0.15, -0.1) is 0 Å². The number of aromatic nitrogens is 4. The van der Waals surface area contributed by atoms with E-state index in [-0.39, 0.29) is 25.0 Å². The van der Waals surface area contributed by atoms with Crippen LogP contribution in [-0.4, -0.2) is 57.1 Å². The summed E-state index contributed by atoms with van der Waals surface area (Å²) in [5, 5.41) is 2.92. The molecule has 3 heterocycles. The highest BCUT2D eigenvalue weighted by molar-refractivity contribution is 7.54. The summed E-state index contributed by atoms with van der Waals surface area (Å²) in [7, 11) is -3.48. The Morgan fingerprint density at radius 1 is 1.18 bits per heavy atom. The Balaban J connectivity index is 1.19. The standard InChI is InChI=1S/C26H38N7O5P/c1-2-3-4-5-6-7-12-29-26(34)22(27)13-19-8-10-20(11-9-19)38-39(35)18-36-21(15-37-39)14-33-17-32-23-24(28)30-16-31-25(23)33/h8-11,16-17,21-22H,2-7,12-15,18,27H2,1H3,(H,29,34)(H2,28,30,31)/t21-,22?,39?/m0/s1.